The molecule has 0 bridgehead atoms. The fourth-order valence-electron chi connectivity index (χ4n) is 2.45. The summed E-state index contributed by atoms with van der Waals surface area (Å²) in [6.07, 6.45) is -2.07. The third-order valence-corrected chi connectivity index (χ3v) is 3.71. The minimum atomic E-state index is -4.52. The van der Waals surface area contributed by atoms with Crippen molar-refractivity contribution in [1.29, 1.82) is 0 Å². The van der Waals surface area contributed by atoms with Crippen LogP contribution in [-0.4, -0.2) is 26.8 Å². The second-order valence-electron chi connectivity index (χ2n) is 5.29. The van der Waals surface area contributed by atoms with Crippen LogP contribution in [0.2, 0.25) is 0 Å². The molecule has 0 spiro atoms. The summed E-state index contributed by atoms with van der Waals surface area (Å²) >= 11 is 0. The maximum Gasteiger partial charge on any atom is 0.421 e. The lowest BCUT2D eigenvalue weighted by atomic mass is 10.1. The quantitative estimate of drug-likeness (QED) is 0.766. The van der Waals surface area contributed by atoms with Crippen molar-refractivity contribution < 1.29 is 13.2 Å². The molecule has 6 nitrogen and oxygen atoms in total. The summed E-state index contributed by atoms with van der Waals surface area (Å²) < 4.78 is 40.5. The van der Waals surface area contributed by atoms with E-state index in [0.29, 0.717) is 5.69 Å². The molecule has 0 fully saturated rings. The zero-order valence-corrected chi connectivity index (χ0v) is 13.2. The molecule has 0 aliphatic rings. The molecular formula is C15H15F3N6. The minimum Gasteiger partial charge on any atom is -0.372 e. The van der Waals surface area contributed by atoms with Crippen LogP contribution in [0.4, 0.5) is 30.6 Å². The van der Waals surface area contributed by atoms with Gasteiger partial charge in [0.1, 0.15) is 11.4 Å². The number of aryl methyl sites for hydroxylation is 2. The number of fused-ring (bicyclic) bond motifs is 1. The number of nitrogens with one attached hydrogen (secondary N) is 2. The fraction of sp³-hybridized carbons (Fsp3) is 0.267. The van der Waals surface area contributed by atoms with E-state index in [2.05, 4.69) is 25.7 Å². The second-order valence-corrected chi connectivity index (χ2v) is 5.29. The molecule has 2 heterocycles. The zero-order chi connectivity index (χ0) is 17.5. The van der Waals surface area contributed by atoms with Crippen molar-refractivity contribution in [3.8, 4) is 0 Å². The van der Waals surface area contributed by atoms with Gasteiger partial charge in [-0.25, -0.2) is 4.98 Å². The Bertz CT molecular complexity index is 900. The predicted octanol–water partition coefficient (Wildman–Crippen LogP) is 3.48. The van der Waals surface area contributed by atoms with Crippen molar-refractivity contribution in [2.75, 3.05) is 17.7 Å². The van der Waals surface area contributed by atoms with Gasteiger partial charge in [-0.05, 0) is 18.6 Å². The van der Waals surface area contributed by atoms with Crippen LogP contribution in [0.3, 0.4) is 0 Å². The smallest absolute Gasteiger partial charge is 0.372 e. The van der Waals surface area contributed by atoms with Gasteiger partial charge in [-0.1, -0.05) is 6.07 Å². The Balaban J connectivity index is 2.05. The van der Waals surface area contributed by atoms with Crippen molar-refractivity contribution in [2.24, 2.45) is 7.05 Å². The Hall–Kier alpha value is -2.84. The van der Waals surface area contributed by atoms with Gasteiger partial charge in [0.2, 0.25) is 5.95 Å². The van der Waals surface area contributed by atoms with Crippen LogP contribution in [0.5, 0.6) is 0 Å². The molecular weight excluding hydrogens is 321 g/mol. The van der Waals surface area contributed by atoms with E-state index in [1.165, 1.54) is 7.05 Å². The number of benzene rings is 1. The van der Waals surface area contributed by atoms with Gasteiger partial charge in [-0.15, -0.1) is 0 Å². The molecule has 0 saturated carbocycles. The van der Waals surface area contributed by atoms with Crippen molar-refractivity contribution >= 4 is 28.4 Å². The Kier molecular flexibility index (Phi) is 3.78. The zero-order valence-electron chi connectivity index (χ0n) is 13.2. The third-order valence-electron chi connectivity index (χ3n) is 3.71. The first-order chi connectivity index (χ1) is 11.3. The van der Waals surface area contributed by atoms with Gasteiger partial charge in [0.25, 0.3) is 0 Å². The van der Waals surface area contributed by atoms with E-state index in [9.17, 15) is 13.2 Å². The molecule has 2 N–H and O–H groups in total. The lowest BCUT2D eigenvalue weighted by Crippen LogP contribution is -2.12. The monoisotopic (exact) mass is 336 g/mol. The number of aromatic nitrogens is 4. The fourth-order valence-corrected chi connectivity index (χ4v) is 2.45. The summed E-state index contributed by atoms with van der Waals surface area (Å²) in [4.78, 5) is 7.72. The van der Waals surface area contributed by atoms with Crippen molar-refractivity contribution in [2.45, 2.75) is 13.1 Å². The highest BCUT2D eigenvalue weighted by atomic mass is 19.4. The second kappa shape index (κ2) is 5.66. The van der Waals surface area contributed by atoms with Crippen LogP contribution in [0.15, 0.2) is 24.5 Å². The topological polar surface area (TPSA) is 67.7 Å². The third kappa shape index (κ3) is 2.72. The van der Waals surface area contributed by atoms with E-state index in [-0.39, 0.29) is 11.8 Å². The molecule has 0 radical (unpaired) electrons. The highest BCUT2D eigenvalue weighted by molar-refractivity contribution is 5.94. The molecule has 126 valence electrons. The van der Waals surface area contributed by atoms with E-state index < -0.39 is 11.7 Å². The Morgan fingerprint density at radius 2 is 1.92 bits per heavy atom. The first-order valence-corrected chi connectivity index (χ1v) is 7.11. The van der Waals surface area contributed by atoms with Gasteiger partial charge in [0, 0.05) is 25.7 Å². The van der Waals surface area contributed by atoms with Crippen LogP contribution in [0, 0.1) is 6.92 Å². The molecule has 0 atom stereocenters. The molecule has 0 saturated heterocycles. The van der Waals surface area contributed by atoms with Gasteiger partial charge < -0.3 is 10.6 Å². The van der Waals surface area contributed by atoms with E-state index in [0.717, 1.165) is 22.7 Å². The van der Waals surface area contributed by atoms with E-state index in [1.807, 2.05) is 26.1 Å². The summed E-state index contributed by atoms with van der Waals surface area (Å²) in [6, 6.07) is 3.82. The van der Waals surface area contributed by atoms with Gasteiger partial charge >= 0.3 is 6.18 Å². The SMILES string of the molecule is CNc1nc(Nc2c(C)ccc3c2cnn3C)ncc1C(F)(F)F. The standard InChI is InChI=1S/C15H15F3N6/c1-8-4-5-11-9(6-21-24(11)3)12(8)22-14-20-7-10(15(16,17)18)13(19-2)23-14/h4-7H,1-3H3,(H2,19,20,22,23). The summed E-state index contributed by atoms with van der Waals surface area (Å²) in [5, 5.41) is 10.5. The van der Waals surface area contributed by atoms with Gasteiger partial charge in [-0.3, -0.25) is 4.68 Å². The molecule has 3 aromatic rings. The van der Waals surface area contributed by atoms with Crippen LogP contribution in [0.25, 0.3) is 10.9 Å². The molecule has 0 unspecified atom stereocenters. The molecule has 0 amide bonds. The number of halogens is 3. The van der Waals surface area contributed by atoms with Gasteiger partial charge in [-0.2, -0.15) is 23.3 Å². The normalized spacial score (nSPS) is 11.8. The maximum absolute atomic E-state index is 12.9. The average Bonchev–Trinajstić information content (AvgIpc) is 2.90. The van der Waals surface area contributed by atoms with Crippen LogP contribution in [0.1, 0.15) is 11.1 Å². The van der Waals surface area contributed by atoms with Crippen LogP contribution in [-0.2, 0) is 13.2 Å². The molecule has 3 rings (SSSR count). The summed E-state index contributed by atoms with van der Waals surface area (Å²) in [5.41, 5.74) is 1.60. The largest absolute Gasteiger partial charge is 0.421 e. The first kappa shape index (κ1) is 16.0. The van der Waals surface area contributed by atoms with Crippen molar-refractivity contribution in [1.82, 2.24) is 19.7 Å². The van der Waals surface area contributed by atoms with Crippen LogP contribution >= 0.6 is 0 Å². The Labute approximate surface area is 135 Å². The lowest BCUT2D eigenvalue weighted by molar-refractivity contribution is -0.137. The number of alkyl halides is 3. The highest BCUT2D eigenvalue weighted by Crippen LogP contribution is 2.34. The highest BCUT2D eigenvalue weighted by Gasteiger charge is 2.35. The maximum atomic E-state index is 12.9. The number of hydrogen-bond donors (Lipinski definition) is 2. The Morgan fingerprint density at radius 3 is 2.58 bits per heavy atom. The summed E-state index contributed by atoms with van der Waals surface area (Å²) in [6.45, 7) is 1.89. The number of nitrogens with zero attached hydrogens (tertiary/aromatic N) is 4. The minimum absolute atomic E-state index is 0.0757. The summed E-state index contributed by atoms with van der Waals surface area (Å²) in [5.74, 6) is -0.206. The molecule has 2 aromatic heterocycles. The van der Waals surface area contributed by atoms with E-state index in [1.54, 1.807) is 10.9 Å². The summed E-state index contributed by atoms with van der Waals surface area (Å²) in [7, 11) is 3.20. The average molecular weight is 336 g/mol. The number of anilines is 3. The first-order valence-electron chi connectivity index (χ1n) is 7.11. The van der Waals surface area contributed by atoms with Crippen molar-refractivity contribution in [3.05, 3.63) is 35.7 Å². The number of rotatable bonds is 3. The van der Waals surface area contributed by atoms with Gasteiger partial charge in [0.05, 0.1) is 17.4 Å². The molecule has 1 aromatic carbocycles. The predicted molar refractivity (Wildman–Crippen MR) is 85.3 cm³/mol. The molecule has 0 aliphatic heterocycles. The van der Waals surface area contributed by atoms with Crippen LogP contribution < -0.4 is 10.6 Å². The Morgan fingerprint density at radius 1 is 1.17 bits per heavy atom. The lowest BCUT2D eigenvalue weighted by Gasteiger charge is -2.14. The molecule has 24 heavy (non-hydrogen) atoms. The molecule has 0 aliphatic carbocycles. The van der Waals surface area contributed by atoms with Gasteiger partial charge in [0.15, 0.2) is 0 Å². The van der Waals surface area contributed by atoms with Crippen molar-refractivity contribution in [3.63, 3.8) is 0 Å². The molecule has 9 heteroatoms. The van der Waals surface area contributed by atoms with E-state index in [4.69, 9.17) is 0 Å². The van der Waals surface area contributed by atoms with E-state index >= 15 is 0 Å². The number of hydrogen-bond acceptors (Lipinski definition) is 5.